The first-order valence-corrected chi connectivity index (χ1v) is 4.37. The molecule has 0 saturated heterocycles. The predicted octanol–water partition coefficient (Wildman–Crippen LogP) is -0.365. The zero-order valence-corrected chi connectivity index (χ0v) is 8.76. The van der Waals surface area contributed by atoms with Gasteiger partial charge in [0.15, 0.2) is 10.2 Å². The number of hydrogen-bond acceptors (Lipinski definition) is 2. The number of hydrogen-bond donors (Lipinski definition) is 4. The zero-order chi connectivity index (χ0) is 9.72. The van der Waals surface area contributed by atoms with Crippen LogP contribution in [0.1, 0.15) is 13.8 Å². The molecule has 0 rings (SSSR count). The first-order chi connectivity index (χ1) is 5.43. The van der Waals surface area contributed by atoms with Crippen LogP contribution < -0.4 is 22.1 Å². The van der Waals surface area contributed by atoms with Crippen molar-refractivity contribution in [3.05, 3.63) is 0 Å². The molecule has 0 radical (unpaired) electrons. The number of nitrogens with two attached hydrogens (primary N) is 2. The molecule has 0 aromatic carbocycles. The quantitative estimate of drug-likeness (QED) is 0.373. The van der Waals surface area contributed by atoms with Crippen LogP contribution >= 0.6 is 24.4 Å². The van der Waals surface area contributed by atoms with Crippen molar-refractivity contribution in [3.63, 3.8) is 0 Å². The van der Waals surface area contributed by atoms with Crippen LogP contribution in [-0.4, -0.2) is 16.4 Å². The summed E-state index contributed by atoms with van der Waals surface area (Å²) in [5.41, 5.74) is 10.6. The molecule has 0 aliphatic heterocycles. The van der Waals surface area contributed by atoms with Crippen LogP contribution in [0.3, 0.4) is 0 Å². The van der Waals surface area contributed by atoms with E-state index in [1.54, 1.807) is 0 Å². The average Bonchev–Trinajstić information content (AvgIpc) is 1.83. The minimum Gasteiger partial charge on any atom is -0.376 e. The molecule has 0 heterocycles. The fraction of sp³-hybridized carbons (Fsp3) is 0.667. The van der Waals surface area contributed by atoms with E-state index in [0.29, 0.717) is 5.92 Å². The summed E-state index contributed by atoms with van der Waals surface area (Å²) in [5.74, 6) is 0.299. The highest BCUT2D eigenvalue weighted by Gasteiger charge is 2.12. The van der Waals surface area contributed by atoms with Gasteiger partial charge >= 0.3 is 0 Å². The summed E-state index contributed by atoms with van der Waals surface area (Å²) in [6.07, 6.45) is -0.0972. The summed E-state index contributed by atoms with van der Waals surface area (Å²) >= 11 is 9.37. The van der Waals surface area contributed by atoms with Crippen molar-refractivity contribution < 1.29 is 0 Å². The van der Waals surface area contributed by atoms with E-state index in [4.69, 9.17) is 11.5 Å². The van der Waals surface area contributed by atoms with Crippen molar-refractivity contribution in [2.75, 3.05) is 0 Å². The largest absolute Gasteiger partial charge is 0.376 e. The maximum absolute atomic E-state index is 5.30. The standard InChI is InChI=1S/C6H14N4S2/c1-3(2)4(9-5(7)11)10-6(8)12/h3-4H,1-2H3,(H3,7,9,11)(H3,8,10,12). The van der Waals surface area contributed by atoms with Gasteiger partial charge in [-0.1, -0.05) is 13.8 Å². The van der Waals surface area contributed by atoms with Crippen LogP contribution in [0.4, 0.5) is 0 Å². The molecule has 70 valence electrons. The highest BCUT2D eigenvalue weighted by Crippen LogP contribution is 1.96. The van der Waals surface area contributed by atoms with Crippen LogP contribution in [-0.2, 0) is 0 Å². The normalized spacial score (nSPS) is 10.0. The minimum atomic E-state index is -0.0972. The van der Waals surface area contributed by atoms with Crippen molar-refractivity contribution >= 4 is 34.7 Å². The van der Waals surface area contributed by atoms with Crippen LogP contribution in [0.25, 0.3) is 0 Å². The lowest BCUT2D eigenvalue weighted by molar-refractivity contribution is 0.430. The summed E-state index contributed by atoms with van der Waals surface area (Å²) in [4.78, 5) is 0. The Kier molecular flexibility index (Phi) is 4.84. The molecule has 0 aromatic heterocycles. The lowest BCUT2D eigenvalue weighted by Gasteiger charge is -2.23. The molecule has 0 fully saturated rings. The topological polar surface area (TPSA) is 76.1 Å². The van der Waals surface area contributed by atoms with E-state index < -0.39 is 0 Å². The van der Waals surface area contributed by atoms with Crippen molar-refractivity contribution in [2.45, 2.75) is 20.0 Å². The molecule has 0 bridgehead atoms. The van der Waals surface area contributed by atoms with Crippen LogP contribution in [0.2, 0.25) is 0 Å². The highest BCUT2D eigenvalue weighted by atomic mass is 32.1. The lowest BCUT2D eigenvalue weighted by atomic mass is 10.1. The van der Waals surface area contributed by atoms with Gasteiger partial charge in [-0.2, -0.15) is 0 Å². The molecule has 0 spiro atoms. The smallest absolute Gasteiger partial charge is 0.165 e. The molecule has 12 heavy (non-hydrogen) atoms. The third kappa shape index (κ3) is 5.09. The van der Waals surface area contributed by atoms with Crippen LogP contribution in [0.5, 0.6) is 0 Å². The molecule has 0 aliphatic carbocycles. The molecule has 0 saturated carbocycles. The first kappa shape index (κ1) is 11.4. The summed E-state index contributed by atoms with van der Waals surface area (Å²) in [6, 6.07) is 0. The molecule has 0 atom stereocenters. The van der Waals surface area contributed by atoms with Crippen LogP contribution in [0.15, 0.2) is 0 Å². The maximum Gasteiger partial charge on any atom is 0.165 e. The number of rotatable bonds is 3. The second-order valence-corrected chi connectivity index (χ2v) is 3.62. The zero-order valence-electron chi connectivity index (χ0n) is 7.13. The summed E-state index contributed by atoms with van der Waals surface area (Å²) in [5, 5.41) is 6.15. The SMILES string of the molecule is CC(C)C(NC(N)=S)NC(N)=S. The Morgan fingerprint density at radius 2 is 1.42 bits per heavy atom. The van der Waals surface area contributed by atoms with E-state index in [1.165, 1.54) is 0 Å². The third-order valence-corrected chi connectivity index (χ3v) is 1.50. The monoisotopic (exact) mass is 206 g/mol. The lowest BCUT2D eigenvalue weighted by Crippen LogP contribution is -2.53. The van der Waals surface area contributed by atoms with E-state index in [2.05, 4.69) is 35.1 Å². The van der Waals surface area contributed by atoms with Gasteiger partial charge in [0.25, 0.3) is 0 Å². The fourth-order valence-corrected chi connectivity index (χ4v) is 0.930. The Morgan fingerprint density at radius 1 is 1.08 bits per heavy atom. The second kappa shape index (κ2) is 5.10. The van der Waals surface area contributed by atoms with E-state index in [-0.39, 0.29) is 16.4 Å². The molecule has 0 amide bonds. The van der Waals surface area contributed by atoms with Gasteiger partial charge in [-0.25, -0.2) is 0 Å². The molecule has 6 N–H and O–H groups in total. The summed E-state index contributed by atoms with van der Waals surface area (Å²) in [6.45, 7) is 4.00. The fourth-order valence-electron chi connectivity index (χ4n) is 0.676. The van der Waals surface area contributed by atoms with Gasteiger partial charge in [-0.05, 0) is 30.4 Å². The van der Waals surface area contributed by atoms with Gasteiger partial charge in [0, 0.05) is 0 Å². The average molecular weight is 206 g/mol. The first-order valence-electron chi connectivity index (χ1n) is 3.55. The molecule has 6 heteroatoms. The van der Waals surface area contributed by atoms with Gasteiger partial charge in [0.1, 0.15) is 6.17 Å². The molecule has 0 aromatic rings. The minimum absolute atomic E-state index is 0.0972. The van der Waals surface area contributed by atoms with Crippen molar-refractivity contribution in [3.8, 4) is 0 Å². The van der Waals surface area contributed by atoms with Gasteiger partial charge in [-0.3, -0.25) is 0 Å². The Bertz CT molecular complexity index is 164. The van der Waals surface area contributed by atoms with E-state index >= 15 is 0 Å². The Labute approximate surface area is 83.1 Å². The van der Waals surface area contributed by atoms with Crippen molar-refractivity contribution in [1.82, 2.24) is 10.6 Å². The Morgan fingerprint density at radius 3 is 1.58 bits per heavy atom. The molecule has 0 unspecified atom stereocenters. The van der Waals surface area contributed by atoms with Crippen LogP contribution in [0, 0.1) is 5.92 Å². The van der Waals surface area contributed by atoms with E-state index in [0.717, 1.165) is 0 Å². The highest BCUT2D eigenvalue weighted by molar-refractivity contribution is 7.80. The maximum atomic E-state index is 5.30. The van der Waals surface area contributed by atoms with E-state index in [1.807, 2.05) is 13.8 Å². The second-order valence-electron chi connectivity index (χ2n) is 2.74. The molecular formula is C6H14N4S2. The molecule has 0 aliphatic rings. The van der Waals surface area contributed by atoms with Crippen molar-refractivity contribution in [2.24, 2.45) is 17.4 Å². The van der Waals surface area contributed by atoms with Gasteiger partial charge in [0.2, 0.25) is 0 Å². The predicted molar refractivity (Wildman–Crippen MR) is 58.5 cm³/mol. The van der Waals surface area contributed by atoms with Gasteiger partial charge in [0.05, 0.1) is 0 Å². The summed E-state index contributed by atoms with van der Waals surface area (Å²) < 4.78 is 0. The van der Waals surface area contributed by atoms with Crippen molar-refractivity contribution in [1.29, 1.82) is 0 Å². The number of thiocarbonyl (C=S) groups is 2. The Balaban J connectivity index is 4.04. The number of nitrogens with one attached hydrogen (secondary N) is 2. The third-order valence-electron chi connectivity index (χ3n) is 1.26. The Hall–Kier alpha value is -0.620. The van der Waals surface area contributed by atoms with Gasteiger partial charge < -0.3 is 22.1 Å². The van der Waals surface area contributed by atoms with Gasteiger partial charge in [-0.15, -0.1) is 0 Å². The molecular weight excluding hydrogens is 192 g/mol. The summed E-state index contributed by atoms with van der Waals surface area (Å²) in [7, 11) is 0. The molecule has 4 nitrogen and oxygen atoms in total. The van der Waals surface area contributed by atoms with E-state index in [9.17, 15) is 0 Å².